The number of phenols is 1. The van der Waals surface area contributed by atoms with Gasteiger partial charge >= 0.3 is 0 Å². The molecule has 0 bridgehead atoms. The fraction of sp³-hybridized carbons (Fsp3) is 0. The van der Waals surface area contributed by atoms with Gasteiger partial charge in [0.1, 0.15) is 5.75 Å². The highest BCUT2D eigenvalue weighted by Gasteiger charge is 2.00. The van der Waals surface area contributed by atoms with E-state index in [0.717, 1.165) is 9.79 Å². The minimum Gasteiger partial charge on any atom is -0.507 e. The molecule has 0 atom stereocenters. The number of aromatic nitrogens is 1. The molecule has 1 aromatic heterocycles. The molecule has 0 saturated heterocycles. The Kier molecular flexibility index (Phi) is 2.70. The molecule has 2 rings (SSSR count). The fourth-order valence-electron chi connectivity index (χ4n) is 1.08. The standard InChI is InChI=1S/C11H9NOS/c13-10-3-1-2-4-11(10)14-9-5-7-12-8-6-9/h1-8,13H. The van der Waals surface area contributed by atoms with Crippen LogP contribution in [0.15, 0.2) is 58.6 Å². The number of benzene rings is 1. The maximum Gasteiger partial charge on any atom is 0.129 e. The first-order valence-corrected chi connectivity index (χ1v) is 5.04. The van der Waals surface area contributed by atoms with Crippen LogP contribution in [0.1, 0.15) is 0 Å². The molecule has 0 aliphatic rings. The summed E-state index contributed by atoms with van der Waals surface area (Å²) in [5.41, 5.74) is 0. The summed E-state index contributed by atoms with van der Waals surface area (Å²) in [5.74, 6) is 0.314. The van der Waals surface area contributed by atoms with E-state index in [-0.39, 0.29) is 0 Å². The van der Waals surface area contributed by atoms with E-state index in [1.165, 1.54) is 11.8 Å². The predicted molar refractivity (Wildman–Crippen MR) is 56.5 cm³/mol. The first kappa shape index (κ1) is 9.09. The van der Waals surface area contributed by atoms with E-state index in [2.05, 4.69) is 4.98 Å². The van der Waals surface area contributed by atoms with Crippen LogP contribution in [-0.2, 0) is 0 Å². The molecule has 0 radical (unpaired) electrons. The molecule has 1 aromatic carbocycles. The van der Waals surface area contributed by atoms with Gasteiger partial charge in [0.05, 0.1) is 4.90 Å². The maximum atomic E-state index is 9.54. The van der Waals surface area contributed by atoms with Gasteiger partial charge in [-0.3, -0.25) is 4.98 Å². The minimum absolute atomic E-state index is 0.314. The quantitative estimate of drug-likeness (QED) is 0.814. The van der Waals surface area contributed by atoms with Crippen molar-refractivity contribution >= 4 is 11.8 Å². The van der Waals surface area contributed by atoms with Crippen LogP contribution in [0.5, 0.6) is 5.75 Å². The third-order valence-corrected chi connectivity index (χ3v) is 2.82. The number of aromatic hydroxyl groups is 1. The van der Waals surface area contributed by atoms with Gasteiger partial charge in [-0.05, 0) is 24.3 Å². The Morgan fingerprint density at radius 3 is 2.43 bits per heavy atom. The zero-order valence-corrected chi connectivity index (χ0v) is 8.24. The van der Waals surface area contributed by atoms with Crippen molar-refractivity contribution in [1.29, 1.82) is 0 Å². The second-order valence-electron chi connectivity index (χ2n) is 2.75. The number of hydrogen-bond donors (Lipinski definition) is 1. The Hall–Kier alpha value is -1.48. The summed E-state index contributed by atoms with van der Waals surface area (Å²) in [6.45, 7) is 0. The Balaban J connectivity index is 2.24. The Labute approximate surface area is 86.6 Å². The molecule has 0 saturated carbocycles. The highest BCUT2D eigenvalue weighted by atomic mass is 32.2. The average molecular weight is 203 g/mol. The third-order valence-electron chi connectivity index (χ3n) is 1.74. The summed E-state index contributed by atoms with van der Waals surface area (Å²) >= 11 is 1.52. The highest BCUT2D eigenvalue weighted by Crippen LogP contribution is 2.33. The second-order valence-corrected chi connectivity index (χ2v) is 3.87. The zero-order valence-electron chi connectivity index (χ0n) is 7.42. The van der Waals surface area contributed by atoms with Crippen LogP contribution >= 0.6 is 11.8 Å². The number of nitrogens with zero attached hydrogens (tertiary/aromatic N) is 1. The maximum absolute atomic E-state index is 9.54. The van der Waals surface area contributed by atoms with Crippen LogP contribution < -0.4 is 0 Å². The van der Waals surface area contributed by atoms with E-state index in [1.807, 2.05) is 30.3 Å². The molecule has 0 amide bonds. The van der Waals surface area contributed by atoms with Gasteiger partial charge in [-0.1, -0.05) is 23.9 Å². The molecule has 0 fully saturated rings. The van der Waals surface area contributed by atoms with Crippen LogP contribution in [0.3, 0.4) is 0 Å². The Morgan fingerprint density at radius 1 is 1.00 bits per heavy atom. The first-order valence-electron chi connectivity index (χ1n) is 4.22. The highest BCUT2D eigenvalue weighted by molar-refractivity contribution is 7.99. The summed E-state index contributed by atoms with van der Waals surface area (Å²) in [6, 6.07) is 11.1. The second kappa shape index (κ2) is 4.15. The number of para-hydroxylation sites is 1. The number of rotatable bonds is 2. The van der Waals surface area contributed by atoms with Gasteiger partial charge in [-0.15, -0.1) is 0 Å². The lowest BCUT2D eigenvalue weighted by Gasteiger charge is -2.02. The van der Waals surface area contributed by atoms with Crippen LogP contribution in [-0.4, -0.2) is 10.1 Å². The number of hydrogen-bond acceptors (Lipinski definition) is 3. The summed E-state index contributed by atoms with van der Waals surface area (Å²) in [4.78, 5) is 5.86. The van der Waals surface area contributed by atoms with Crippen molar-refractivity contribution in [3.63, 3.8) is 0 Å². The van der Waals surface area contributed by atoms with E-state index in [0.29, 0.717) is 5.75 Å². The van der Waals surface area contributed by atoms with Crippen LogP contribution in [0, 0.1) is 0 Å². The van der Waals surface area contributed by atoms with Crippen molar-refractivity contribution < 1.29 is 5.11 Å². The van der Waals surface area contributed by atoms with Crippen molar-refractivity contribution in [2.45, 2.75) is 9.79 Å². The Bertz CT molecular complexity index is 417. The van der Waals surface area contributed by atoms with Gasteiger partial charge in [0, 0.05) is 17.3 Å². The predicted octanol–water partition coefficient (Wildman–Crippen LogP) is 2.94. The van der Waals surface area contributed by atoms with Crippen molar-refractivity contribution in [3.8, 4) is 5.75 Å². The largest absolute Gasteiger partial charge is 0.507 e. The smallest absolute Gasteiger partial charge is 0.129 e. The van der Waals surface area contributed by atoms with Crippen molar-refractivity contribution in [2.75, 3.05) is 0 Å². The first-order chi connectivity index (χ1) is 6.86. The minimum atomic E-state index is 0.314. The summed E-state index contributed by atoms with van der Waals surface area (Å²) in [5, 5.41) is 9.54. The van der Waals surface area contributed by atoms with E-state index < -0.39 is 0 Å². The average Bonchev–Trinajstić information content (AvgIpc) is 2.23. The molecule has 0 aliphatic heterocycles. The van der Waals surface area contributed by atoms with Gasteiger partial charge in [0.2, 0.25) is 0 Å². The Morgan fingerprint density at radius 2 is 1.71 bits per heavy atom. The monoisotopic (exact) mass is 203 g/mol. The molecule has 2 nitrogen and oxygen atoms in total. The summed E-state index contributed by atoms with van der Waals surface area (Å²) < 4.78 is 0. The lowest BCUT2D eigenvalue weighted by Crippen LogP contribution is -1.75. The van der Waals surface area contributed by atoms with E-state index in [4.69, 9.17) is 0 Å². The number of pyridine rings is 1. The molecule has 1 heterocycles. The van der Waals surface area contributed by atoms with Gasteiger partial charge in [0.25, 0.3) is 0 Å². The molecule has 3 heteroatoms. The van der Waals surface area contributed by atoms with Crippen LogP contribution in [0.4, 0.5) is 0 Å². The zero-order chi connectivity index (χ0) is 9.80. The molecule has 1 N–H and O–H groups in total. The SMILES string of the molecule is Oc1ccccc1Sc1ccncc1. The topological polar surface area (TPSA) is 33.1 Å². The number of phenolic OH excluding ortho intramolecular Hbond substituents is 1. The normalized spacial score (nSPS) is 10.0. The molecule has 70 valence electrons. The van der Waals surface area contributed by atoms with Gasteiger partial charge in [-0.2, -0.15) is 0 Å². The molecule has 0 aliphatic carbocycles. The molecule has 0 spiro atoms. The molecule has 0 unspecified atom stereocenters. The van der Waals surface area contributed by atoms with Crippen LogP contribution in [0.25, 0.3) is 0 Å². The van der Waals surface area contributed by atoms with Crippen LogP contribution in [0.2, 0.25) is 0 Å². The third kappa shape index (κ3) is 2.06. The molecular formula is C11H9NOS. The fourth-order valence-corrected chi connectivity index (χ4v) is 1.91. The van der Waals surface area contributed by atoms with E-state index in [1.54, 1.807) is 18.5 Å². The van der Waals surface area contributed by atoms with Crippen molar-refractivity contribution in [2.24, 2.45) is 0 Å². The lowest BCUT2D eigenvalue weighted by atomic mass is 10.3. The van der Waals surface area contributed by atoms with Gasteiger partial charge in [-0.25, -0.2) is 0 Å². The van der Waals surface area contributed by atoms with Gasteiger partial charge < -0.3 is 5.11 Å². The van der Waals surface area contributed by atoms with E-state index >= 15 is 0 Å². The van der Waals surface area contributed by atoms with Gasteiger partial charge in [0.15, 0.2) is 0 Å². The lowest BCUT2D eigenvalue weighted by molar-refractivity contribution is 0.462. The van der Waals surface area contributed by atoms with Crippen molar-refractivity contribution in [3.05, 3.63) is 48.8 Å². The summed E-state index contributed by atoms with van der Waals surface area (Å²) in [6.07, 6.45) is 3.48. The van der Waals surface area contributed by atoms with Crippen molar-refractivity contribution in [1.82, 2.24) is 4.98 Å². The van der Waals surface area contributed by atoms with E-state index in [9.17, 15) is 5.11 Å². The molecular weight excluding hydrogens is 194 g/mol. The molecule has 14 heavy (non-hydrogen) atoms. The summed E-state index contributed by atoms with van der Waals surface area (Å²) in [7, 11) is 0. The molecule has 2 aromatic rings.